The molecule has 0 amide bonds. The van der Waals surface area contributed by atoms with Crippen LogP contribution in [0.25, 0.3) is 0 Å². The Balaban J connectivity index is 1.57. The molecule has 2 nitrogen and oxygen atoms in total. The quantitative estimate of drug-likeness (QED) is 0.329. The molecule has 2 heteroatoms. The van der Waals surface area contributed by atoms with Gasteiger partial charge in [0.15, 0.2) is 0 Å². The molecule has 5 rings (SSSR count). The van der Waals surface area contributed by atoms with Crippen LogP contribution in [0.1, 0.15) is 113 Å². The van der Waals surface area contributed by atoms with E-state index in [0.29, 0.717) is 22.7 Å². The molecule has 5 aliphatic carbocycles. The normalized spacial score (nSPS) is 51.7. The lowest BCUT2D eigenvalue weighted by Crippen LogP contribution is -2.64. The maximum atomic E-state index is 11.9. The Bertz CT molecular complexity index is 810. The van der Waals surface area contributed by atoms with Gasteiger partial charge < -0.3 is 4.74 Å². The van der Waals surface area contributed by atoms with Crippen molar-refractivity contribution in [1.82, 2.24) is 0 Å². The topological polar surface area (TPSA) is 26.3 Å². The van der Waals surface area contributed by atoms with Crippen LogP contribution < -0.4 is 0 Å². The van der Waals surface area contributed by atoms with Crippen LogP contribution in [-0.4, -0.2) is 12.1 Å². The Hall–Kier alpha value is -0.790. The third-order valence-electron chi connectivity index (χ3n) is 12.7. The molecule has 0 radical (unpaired) electrons. The molecule has 0 heterocycles. The fourth-order valence-corrected chi connectivity index (χ4v) is 11.1. The zero-order valence-corrected chi connectivity index (χ0v) is 21.9. The average molecular weight is 441 g/mol. The van der Waals surface area contributed by atoms with Crippen molar-refractivity contribution in [3.8, 4) is 0 Å². The molecular weight excluding hydrogens is 392 g/mol. The summed E-state index contributed by atoms with van der Waals surface area (Å²) >= 11 is 0. The van der Waals surface area contributed by atoms with Gasteiger partial charge in [0.05, 0.1) is 0 Å². The van der Waals surface area contributed by atoms with Crippen LogP contribution in [0, 0.1) is 51.2 Å². The highest BCUT2D eigenvalue weighted by atomic mass is 16.5. The predicted molar refractivity (Wildman–Crippen MR) is 131 cm³/mol. The van der Waals surface area contributed by atoms with Gasteiger partial charge in [0.2, 0.25) is 0 Å². The Labute approximate surface area is 197 Å². The van der Waals surface area contributed by atoms with Crippen LogP contribution in [0.15, 0.2) is 11.6 Å². The Morgan fingerprint density at radius 2 is 1.69 bits per heavy atom. The van der Waals surface area contributed by atoms with Gasteiger partial charge in [-0.1, -0.05) is 60.1 Å². The highest BCUT2D eigenvalue weighted by Gasteiger charge is 2.69. The maximum absolute atomic E-state index is 11.9. The number of carbonyl (C=O) groups excluding carboxylic acids is 1. The third-order valence-corrected chi connectivity index (χ3v) is 12.7. The Morgan fingerprint density at radius 1 is 0.938 bits per heavy atom. The molecule has 180 valence electrons. The van der Waals surface area contributed by atoms with Gasteiger partial charge >= 0.3 is 0 Å². The van der Waals surface area contributed by atoms with Crippen LogP contribution >= 0.6 is 0 Å². The lowest BCUT2D eigenvalue weighted by molar-refractivity contribution is -0.197. The van der Waals surface area contributed by atoms with Gasteiger partial charge in [-0.25, -0.2) is 0 Å². The monoisotopic (exact) mass is 440 g/mol. The maximum Gasteiger partial charge on any atom is 0.293 e. The SMILES string of the molecule is CC(C)[C@H]1CC[C@@H]2[C@]1(C)CC[C@]1(C)C3=CCC4C(C)(C)CCC[C@]4(OC=O)[C@H]3CC[C@@]21C. The fourth-order valence-electron chi connectivity index (χ4n) is 11.1. The first-order valence-corrected chi connectivity index (χ1v) is 13.8. The van der Waals surface area contributed by atoms with E-state index in [4.69, 9.17) is 4.74 Å². The highest BCUT2D eigenvalue weighted by molar-refractivity contribution is 5.42. The number of hydrogen-bond donors (Lipinski definition) is 0. The molecule has 0 N–H and O–H groups in total. The smallest absolute Gasteiger partial charge is 0.293 e. The van der Waals surface area contributed by atoms with Crippen LogP contribution in [0.5, 0.6) is 0 Å². The predicted octanol–water partition coefficient (Wildman–Crippen LogP) is 7.96. The largest absolute Gasteiger partial charge is 0.460 e. The van der Waals surface area contributed by atoms with E-state index < -0.39 is 0 Å². The van der Waals surface area contributed by atoms with E-state index in [-0.39, 0.29) is 16.4 Å². The van der Waals surface area contributed by atoms with Crippen LogP contribution in [0.2, 0.25) is 0 Å². The zero-order valence-electron chi connectivity index (χ0n) is 21.9. The van der Waals surface area contributed by atoms with Gasteiger partial charge in [0.25, 0.3) is 6.47 Å². The van der Waals surface area contributed by atoms with Crippen molar-refractivity contribution in [1.29, 1.82) is 0 Å². The number of ether oxygens (including phenoxy) is 1. The molecule has 32 heavy (non-hydrogen) atoms. The van der Waals surface area contributed by atoms with Crippen molar-refractivity contribution in [3.05, 3.63) is 11.6 Å². The molecule has 0 aromatic rings. The van der Waals surface area contributed by atoms with E-state index in [2.05, 4.69) is 54.5 Å². The standard InChI is InChI=1S/C30H48O2/c1-20(2)21-9-12-25-27(21,5)17-18-28(6)22-10-11-24-26(3,4)14-8-15-30(24,32-19-31)23(22)13-16-29(25,28)7/h10,19-21,23-25H,8-9,11-18H2,1-7H3/t21-,23+,24?,25-,27-,28-,29+,30+/m1/s1. The molecule has 8 atom stereocenters. The summed E-state index contributed by atoms with van der Waals surface area (Å²) in [5, 5.41) is 0. The summed E-state index contributed by atoms with van der Waals surface area (Å²) in [6.07, 6.45) is 15.3. The van der Waals surface area contributed by atoms with Gasteiger partial charge in [0, 0.05) is 11.8 Å². The van der Waals surface area contributed by atoms with Gasteiger partial charge in [-0.15, -0.1) is 0 Å². The van der Waals surface area contributed by atoms with E-state index in [9.17, 15) is 4.79 Å². The molecule has 4 fully saturated rings. The molecule has 0 spiro atoms. The minimum absolute atomic E-state index is 0.242. The molecular formula is C30H48O2. The van der Waals surface area contributed by atoms with Crippen molar-refractivity contribution in [2.75, 3.05) is 0 Å². The minimum Gasteiger partial charge on any atom is -0.460 e. The molecule has 0 bridgehead atoms. The van der Waals surface area contributed by atoms with E-state index in [1.54, 1.807) is 5.57 Å². The second-order valence-electron chi connectivity index (χ2n) is 14.3. The van der Waals surface area contributed by atoms with Crippen molar-refractivity contribution in [2.24, 2.45) is 51.2 Å². The molecule has 1 unspecified atom stereocenters. The molecule has 4 saturated carbocycles. The summed E-state index contributed by atoms with van der Waals surface area (Å²) in [5.41, 5.74) is 2.78. The fraction of sp³-hybridized carbons (Fsp3) is 0.900. The summed E-state index contributed by atoms with van der Waals surface area (Å²) in [5.74, 6) is 3.38. The van der Waals surface area contributed by atoms with Crippen molar-refractivity contribution in [2.45, 2.75) is 118 Å². The molecule has 0 saturated heterocycles. The number of hydrogen-bond acceptors (Lipinski definition) is 2. The van der Waals surface area contributed by atoms with E-state index >= 15 is 0 Å². The molecule has 5 aliphatic rings. The average Bonchev–Trinajstić information content (AvgIpc) is 3.08. The van der Waals surface area contributed by atoms with Crippen molar-refractivity contribution >= 4 is 6.47 Å². The van der Waals surface area contributed by atoms with Crippen molar-refractivity contribution in [3.63, 3.8) is 0 Å². The molecule has 0 aromatic carbocycles. The summed E-state index contributed by atoms with van der Waals surface area (Å²) in [4.78, 5) is 11.9. The first-order valence-electron chi connectivity index (χ1n) is 13.8. The van der Waals surface area contributed by atoms with Gasteiger partial charge in [0.1, 0.15) is 5.60 Å². The van der Waals surface area contributed by atoms with Crippen LogP contribution in [0.4, 0.5) is 0 Å². The zero-order chi connectivity index (χ0) is 23.2. The first-order chi connectivity index (χ1) is 15.0. The Kier molecular flexibility index (Phi) is 5.10. The summed E-state index contributed by atoms with van der Waals surface area (Å²) in [6, 6.07) is 0. The second kappa shape index (κ2) is 7.11. The summed E-state index contributed by atoms with van der Waals surface area (Å²) in [7, 11) is 0. The van der Waals surface area contributed by atoms with E-state index in [0.717, 1.165) is 37.1 Å². The summed E-state index contributed by atoms with van der Waals surface area (Å²) in [6.45, 7) is 18.5. The molecule has 0 aromatic heterocycles. The van der Waals surface area contributed by atoms with Crippen LogP contribution in [0.3, 0.4) is 0 Å². The number of carbonyl (C=O) groups is 1. The number of fused-ring (bicyclic) bond motifs is 7. The van der Waals surface area contributed by atoms with Crippen molar-refractivity contribution < 1.29 is 9.53 Å². The second-order valence-corrected chi connectivity index (χ2v) is 14.3. The minimum atomic E-state index is -0.269. The highest BCUT2D eigenvalue weighted by Crippen LogP contribution is 2.75. The van der Waals surface area contributed by atoms with E-state index in [1.807, 2.05) is 0 Å². The van der Waals surface area contributed by atoms with Gasteiger partial charge in [-0.3, -0.25) is 4.79 Å². The number of rotatable bonds is 3. The Morgan fingerprint density at radius 3 is 2.38 bits per heavy atom. The van der Waals surface area contributed by atoms with E-state index in [1.165, 1.54) is 51.4 Å². The lowest BCUT2D eigenvalue weighted by atomic mass is 9.37. The number of allylic oxidation sites excluding steroid dienone is 1. The first kappa shape index (κ1) is 23.0. The summed E-state index contributed by atoms with van der Waals surface area (Å²) < 4.78 is 6.27. The third kappa shape index (κ3) is 2.68. The van der Waals surface area contributed by atoms with Gasteiger partial charge in [-0.2, -0.15) is 0 Å². The lowest BCUT2D eigenvalue weighted by Gasteiger charge is -2.68. The van der Waals surface area contributed by atoms with Crippen LogP contribution in [-0.2, 0) is 9.53 Å². The molecule has 0 aliphatic heterocycles. The van der Waals surface area contributed by atoms with Gasteiger partial charge in [-0.05, 0) is 104 Å².